The molecule has 6 heteroatoms. The highest BCUT2D eigenvalue weighted by molar-refractivity contribution is 9.10. The number of nitrogens with one attached hydrogen (secondary N) is 1. The van der Waals surface area contributed by atoms with Gasteiger partial charge in [-0.1, -0.05) is 48.0 Å². The Morgan fingerprint density at radius 1 is 1.29 bits per heavy atom. The second kappa shape index (κ2) is 7.11. The number of benzene rings is 1. The van der Waals surface area contributed by atoms with Gasteiger partial charge in [-0.2, -0.15) is 0 Å². The Labute approximate surface area is 135 Å². The number of hydrogen-bond acceptors (Lipinski definition) is 3. The van der Waals surface area contributed by atoms with Crippen LogP contribution in [-0.4, -0.2) is 15.0 Å². The van der Waals surface area contributed by atoms with E-state index in [0.717, 1.165) is 6.42 Å². The molecule has 0 aliphatic heterocycles. The molecule has 1 fully saturated rings. The molecule has 4 nitrogen and oxygen atoms in total. The average Bonchev–Trinajstić information content (AvgIpc) is 2.43. The largest absolute Gasteiger partial charge is 0.398 e. The van der Waals surface area contributed by atoms with Crippen molar-refractivity contribution in [2.24, 2.45) is 5.92 Å². The van der Waals surface area contributed by atoms with Crippen LogP contribution in [0.1, 0.15) is 44.1 Å². The van der Waals surface area contributed by atoms with E-state index in [4.69, 9.17) is 5.73 Å². The summed E-state index contributed by atoms with van der Waals surface area (Å²) in [5, 5.41) is 0. The van der Waals surface area contributed by atoms with Crippen LogP contribution in [0.5, 0.6) is 0 Å². The van der Waals surface area contributed by atoms with E-state index in [1.807, 2.05) is 0 Å². The van der Waals surface area contributed by atoms with Gasteiger partial charge in [0.05, 0.1) is 4.90 Å². The van der Waals surface area contributed by atoms with Crippen LogP contribution in [0.3, 0.4) is 0 Å². The molecular weight excluding hydrogens is 352 g/mol. The van der Waals surface area contributed by atoms with Crippen molar-refractivity contribution in [1.29, 1.82) is 0 Å². The molecule has 1 aromatic carbocycles. The maximum Gasteiger partial charge on any atom is 0.240 e. The highest BCUT2D eigenvalue weighted by Gasteiger charge is 2.20. The monoisotopic (exact) mass is 374 g/mol. The molecule has 21 heavy (non-hydrogen) atoms. The lowest BCUT2D eigenvalue weighted by Crippen LogP contribution is -2.27. The third-order valence-electron chi connectivity index (χ3n) is 4.22. The molecule has 1 saturated carbocycles. The van der Waals surface area contributed by atoms with E-state index >= 15 is 0 Å². The second-order valence-electron chi connectivity index (χ2n) is 5.81. The molecule has 0 spiro atoms. The van der Waals surface area contributed by atoms with Crippen LogP contribution >= 0.6 is 15.9 Å². The van der Waals surface area contributed by atoms with Crippen molar-refractivity contribution in [2.45, 2.75) is 50.3 Å². The predicted octanol–water partition coefficient (Wildman–Crippen LogP) is 3.59. The number of nitrogen functional groups attached to an aromatic ring is 1. The fourth-order valence-electron chi connectivity index (χ4n) is 2.90. The van der Waals surface area contributed by atoms with E-state index in [2.05, 4.69) is 20.7 Å². The minimum atomic E-state index is -3.50. The number of hydrogen-bond donors (Lipinski definition) is 2. The first kappa shape index (κ1) is 16.8. The van der Waals surface area contributed by atoms with Crippen molar-refractivity contribution in [3.8, 4) is 0 Å². The van der Waals surface area contributed by atoms with Crippen LogP contribution in [0.25, 0.3) is 0 Å². The molecule has 0 amide bonds. The summed E-state index contributed by atoms with van der Waals surface area (Å²) in [5.74, 6) is 0.662. The van der Waals surface area contributed by atoms with Crippen LogP contribution in [0.15, 0.2) is 21.5 Å². The summed E-state index contributed by atoms with van der Waals surface area (Å²) in [7, 11) is -3.50. The van der Waals surface area contributed by atoms with E-state index in [1.165, 1.54) is 32.1 Å². The zero-order valence-corrected chi connectivity index (χ0v) is 14.8. The molecule has 118 valence electrons. The molecule has 1 aliphatic rings. The zero-order valence-electron chi connectivity index (χ0n) is 12.4. The molecule has 1 aliphatic carbocycles. The highest BCUT2D eigenvalue weighted by Crippen LogP contribution is 2.27. The lowest BCUT2D eigenvalue weighted by Gasteiger charge is -2.21. The van der Waals surface area contributed by atoms with Gasteiger partial charge in [-0.15, -0.1) is 0 Å². The summed E-state index contributed by atoms with van der Waals surface area (Å²) in [4.78, 5) is 0.262. The van der Waals surface area contributed by atoms with E-state index in [0.29, 0.717) is 28.2 Å². The van der Waals surface area contributed by atoms with Gasteiger partial charge in [-0.05, 0) is 37.0 Å². The van der Waals surface area contributed by atoms with Crippen molar-refractivity contribution in [2.75, 3.05) is 12.3 Å². The number of rotatable bonds is 5. The van der Waals surface area contributed by atoms with E-state index in [9.17, 15) is 8.42 Å². The normalized spacial score (nSPS) is 17.0. The highest BCUT2D eigenvalue weighted by atomic mass is 79.9. The SMILES string of the molecule is Cc1c(N)cc(Br)cc1S(=O)(=O)NCCC1CCCCC1. The molecule has 1 aromatic rings. The maximum atomic E-state index is 12.4. The topological polar surface area (TPSA) is 72.2 Å². The summed E-state index contributed by atoms with van der Waals surface area (Å²) < 4.78 is 28.2. The molecule has 0 aromatic heterocycles. The molecule has 3 N–H and O–H groups in total. The fraction of sp³-hybridized carbons (Fsp3) is 0.600. The third-order valence-corrected chi connectivity index (χ3v) is 6.27. The van der Waals surface area contributed by atoms with Crippen molar-refractivity contribution >= 4 is 31.6 Å². The van der Waals surface area contributed by atoms with Crippen LogP contribution in [0.2, 0.25) is 0 Å². The summed E-state index contributed by atoms with van der Waals surface area (Å²) in [6, 6.07) is 3.32. The standard InChI is InChI=1S/C15H23BrN2O2S/c1-11-14(17)9-13(16)10-15(11)21(19,20)18-8-7-12-5-3-2-4-6-12/h9-10,12,18H,2-8,17H2,1H3. The van der Waals surface area contributed by atoms with Gasteiger partial charge in [0.2, 0.25) is 10.0 Å². The van der Waals surface area contributed by atoms with Crippen molar-refractivity contribution in [3.05, 3.63) is 22.2 Å². The van der Waals surface area contributed by atoms with Gasteiger partial charge < -0.3 is 5.73 Å². The zero-order chi connectivity index (χ0) is 15.5. The molecule has 0 bridgehead atoms. The second-order valence-corrected chi connectivity index (χ2v) is 8.46. The Bertz CT molecular complexity index is 596. The van der Waals surface area contributed by atoms with E-state index < -0.39 is 10.0 Å². The Balaban J connectivity index is 2.01. The Kier molecular flexibility index (Phi) is 5.68. The first-order chi connectivity index (χ1) is 9.90. The number of anilines is 1. The average molecular weight is 375 g/mol. The number of sulfonamides is 1. The molecule has 2 rings (SSSR count). The number of nitrogens with two attached hydrogens (primary N) is 1. The summed E-state index contributed by atoms with van der Waals surface area (Å²) in [5.41, 5.74) is 6.93. The smallest absolute Gasteiger partial charge is 0.240 e. The van der Waals surface area contributed by atoms with Crippen LogP contribution < -0.4 is 10.5 Å². The quantitative estimate of drug-likeness (QED) is 0.773. The van der Waals surface area contributed by atoms with Crippen molar-refractivity contribution in [3.63, 3.8) is 0 Å². The van der Waals surface area contributed by atoms with Gasteiger partial charge in [0.15, 0.2) is 0 Å². The fourth-order valence-corrected chi connectivity index (χ4v) is 4.88. The molecule has 0 radical (unpaired) electrons. The molecule has 0 unspecified atom stereocenters. The molecule has 0 heterocycles. The van der Waals surface area contributed by atoms with E-state index in [-0.39, 0.29) is 4.90 Å². The van der Waals surface area contributed by atoms with Gasteiger partial charge >= 0.3 is 0 Å². The summed E-state index contributed by atoms with van der Waals surface area (Å²) in [6.07, 6.45) is 7.24. The van der Waals surface area contributed by atoms with Gasteiger partial charge in [-0.25, -0.2) is 13.1 Å². The van der Waals surface area contributed by atoms with Gasteiger partial charge in [-0.3, -0.25) is 0 Å². The lowest BCUT2D eigenvalue weighted by atomic mass is 9.87. The molecule has 0 saturated heterocycles. The van der Waals surface area contributed by atoms with Gasteiger partial charge in [0, 0.05) is 16.7 Å². The van der Waals surface area contributed by atoms with Gasteiger partial charge in [0.1, 0.15) is 0 Å². The first-order valence-corrected chi connectivity index (χ1v) is 9.73. The predicted molar refractivity (Wildman–Crippen MR) is 89.7 cm³/mol. The Hall–Kier alpha value is -0.590. The Morgan fingerprint density at radius 2 is 1.95 bits per heavy atom. The van der Waals surface area contributed by atoms with Crippen molar-refractivity contribution in [1.82, 2.24) is 4.72 Å². The van der Waals surface area contributed by atoms with Crippen molar-refractivity contribution < 1.29 is 8.42 Å². The van der Waals surface area contributed by atoms with E-state index in [1.54, 1.807) is 19.1 Å². The Morgan fingerprint density at radius 3 is 2.62 bits per heavy atom. The first-order valence-electron chi connectivity index (χ1n) is 7.45. The lowest BCUT2D eigenvalue weighted by molar-refractivity contribution is 0.339. The van der Waals surface area contributed by atoms with Crippen LogP contribution in [-0.2, 0) is 10.0 Å². The molecular formula is C15H23BrN2O2S. The summed E-state index contributed by atoms with van der Waals surface area (Å²) in [6.45, 7) is 2.23. The molecule has 0 atom stereocenters. The van der Waals surface area contributed by atoms with Gasteiger partial charge in [0.25, 0.3) is 0 Å². The number of halogens is 1. The summed E-state index contributed by atoms with van der Waals surface area (Å²) >= 11 is 3.30. The van der Waals surface area contributed by atoms with Crippen LogP contribution in [0, 0.1) is 12.8 Å². The minimum Gasteiger partial charge on any atom is -0.398 e. The minimum absolute atomic E-state index is 0.262. The third kappa shape index (κ3) is 4.44. The van der Waals surface area contributed by atoms with Crippen LogP contribution in [0.4, 0.5) is 5.69 Å². The maximum absolute atomic E-state index is 12.4.